The first-order valence-corrected chi connectivity index (χ1v) is 7.30. The van der Waals surface area contributed by atoms with Crippen LogP contribution in [0, 0.1) is 0 Å². The molecule has 4 N–H and O–H groups in total. The zero-order valence-corrected chi connectivity index (χ0v) is 12.0. The van der Waals surface area contributed by atoms with Crippen LogP contribution in [-0.4, -0.2) is 22.8 Å². The highest BCUT2D eigenvalue weighted by atomic mass is 16.7. The molecule has 4 rings (SSSR count). The molecule has 1 aliphatic carbocycles. The summed E-state index contributed by atoms with van der Waals surface area (Å²) in [7, 11) is 0. The third kappa shape index (κ3) is 2.83. The summed E-state index contributed by atoms with van der Waals surface area (Å²) < 4.78 is 10.7. The van der Waals surface area contributed by atoms with Crippen molar-refractivity contribution in [3.63, 3.8) is 0 Å². The Bertz CT molecular complexity index is 702. The SMILES string of the molecule is Nc1nc(NCc2ccc3c(c2)OCO3)cc(NC2CC2)n1. The number of ether oxygens (including phenoxy) is 2. The molecule has 0 spiro atoms. The number of hydrogen-bond donors (Lipinski definition) is 3. The van der Waals surface area contributed by atoms with Crippen LogP contribution in [0.3, 0.4) is 0 Å². The summed E-state index contributed by atoms with van der Waals surface area (Å²) >= 11 is 0. The van der Waals surface area contributed by atoms with Crippen molar-refractivity contribution >= 4 is 17.6 Å². The number of anilines is 3. The van der Waals surface area contributed by atoms with Crippen molar-refractivity contribution < 1.29 is 9.47 Å². The van der Waals surface area contributed by atoms with Gasteiger partial charge in [-0.3, -0.25) is 0 Å². The second-order valence-electron chi connectivity index (χ2n) is 5.46. The molecule has 0 amide bonds. The fourth-order valence-corrected chi connectivity index (χ4v) is 2.31. The van der Waals surface area contributed by atoms with E-state index in [2.05, 4.69) is 20.6 Å². The maximum atomic E-state index is 5.76. The summed E-state index contributed by atoms with van der Waals surface area (Å²) in [4.78, 5) is 8.40. The Balaban J connectivity index is 1.45. The first-order valence-electron chi connectivity index (χ1n) is 7.30. The average molecular weight is 299 g/mol. The maximum Gasteiger partial charge on any atom is 0.231 e. The smallest absolute Gasteiger partial charge is 0.231 e. The number of fused-ring (bicyclic) bond motifs is 1. The van der Waals surface area contributed by atoms with E-state index in [1.807, 2.05) is 24.3 Å². The number of nitrogens with one attached hydrogen (secondary N) is 2. The molecular formula is C15H17N5O2. The first kappa shape index (κ1) is 13.0. The average Bonchev–Trinajstić information content (AvgIpc) is 3.18. The van der Waals surface area contributed by atoms with Gasteiger partial charge in [0.05, 0.1) is 0 Å². The summed E-state index contributed by atoms with van der Waals surface area (Å²) in [5.41, 5.74) is 6.84. The highest BCUT2D eigenvalue weighted by Crippen LogP contribution is 2.32. The lowest BCUT2D eigenvalue weighted by atomic mass is 10.2. The molecule has 1 saturated carbocycles. The number of nitrogens with two attached hydrogens (primary N) is 1. The van der Waals surface area contributed by atoms with Gasteiger partial charge in [-0.25, -0.2) is 0 Å². The molecule has 2 aromatic rings. The van der Waals surface area contributed by atoms with Gasteiger partial charge in [0.1, 0.15) is 11.6 Å². The van der Waals surface area contributed by atoms with Gasteiger partial charge in [-0.05, 0) is 30.5 Å². The van der Waals surface area contributed by atoms with Crippen LogP contribution in [0.4, 0.5) is 17.6 Å². The normalized spacial score (nSPS) is 15.6. The van der Waals surface area contributed by atoms with E-state index in [9.17, 15) is 0 Å². The molecular weight excluding hydrogens is 282 g/mol. The molecule has 0 unspecified atom stereocenters. The van der Waals surface area contributed by atoms with Crippen LogP contribution in [0.15, 0.2) is 24.3 Å². The third-order valence-corrected chi connectivity index (χ3v) is 3.58. The standard InChI is InChI=1S/C15H17N5O2/c16-15-19-13(6-14(20-15)18-10-2-3-10)17-7-9-1-4-11-12(5-9)22-8-21-11/h1,4-6,10H,2-3,7-8H2,(H4,16,17,18,19,20). The Morgan fingerprint density at radius 3 is 2.77 bits per heavy atom. The molecule has 0 atom stereocenters. The highest BCUT2D eigenvalue weighted by molar-refractivity contribution is 5.52. The minimum Gasteiger partial charge on any atom is -0.454 e. The molecule has 1 aliphatic heterocycles. The predicted octanol–water partition coefficient (Wildman–Crippen LogP) is 1.97. The zero-order valence-electron chi connectivity index (χ0n) is 12.0. The third-order valence-electron chi connectivity index (χ3n) is 3.58. The topological polar surface area (TPSA) is 94.3 Å². The molecule has 7 heteroatoms. The van der Waals surface area contributed by atoms with Gasteiger partial charge in [0.25, 0.3) is 0 Å². The van der Waals surface area contributed by atoms with E-state index in [4.69, 9.17) is 15.2 Å². The van der Waals surface area contributed by atoms with Crippen molar-refractivity contribution in [1.29, 1.82) is 0 Å². The number of nitrogen functional groups attached to an aromatic ring is 1. The van der Waals surface area contributed by atoms with Gasteiger partial charge in [-0.1, -0.05) is 6.07 Å². The number of aromatic nitrogens is 2. The number of hydrogen-bond acceptors (Lipinski definition) is 7. The highest BCUT2D eigenvalue weighted by Gasteiger charge is 2.21. The maximum absolute atomic E-state index is 5.76. The molecule has 114 valence electrons. The van der Waals surface area contributed by atoms with E-state index < -0.39 is 0 Å². The molecule has 0 radical (unpaired) electrons. The number of rotatable bonds is 5. The van der Waals surface area contributed by atoms with E-state index in [0.29, 0.717) is 18.4 Å². The molecule has 1 aromatic carbocycles. The molecule has 22 heavy (non-hydrogen) atoms. The lowest BCUT2D eigenvalue weighted by Gasteiger charge is -2.10. The van der Waals surface area contributed by atoms with Crippen LogP contribution in [-0.2, 0) is 6.54 Å². The molecule has 2 aliphatic rings. The minimum absolute atomic E-state index is 0.263. The van der Waals surface area contributed by atoms with E-state index in [1.54, 1.807) is 0 Å². The summed E-state index contributed by atoms with van der Waals surface area (Å²) in [5.74, 6) is 3.29. The molecule has 0 saturated heterocycles. The van der Waals surface area contributed by atoms with Gasteiger partial charge in [-0.2, -0.15) is 9.97 Å². The van der Waals surface area contributed by atoms with Gasteiger partial charge >= 0.3 is 0 Å². The zero-order chi connectivity index (χ0) is 14.9. The largest absolute Gasteiger partial charge is 0.454 e. The Morgan fingerprint density at radius 2 is 1.91 bits per heavy atom. The van der Waals surface area contributed by atoms with Gasteiger partial charge in [0.15, 0.2) is 11.5 Å². The lowest BCUT2D eigenvalue weighted by molar-refractivity contribution is 0.174. The molecule has 2 heterocycles. The Kier molecular flexibility index (Phi) is 3.10. The molecule has 0 bridgehead atoms. The summed E-state index contributed by atoms with van der Waals surface area (Å²) in [6, 6.07) is 8.27. The van der Waals surface area contributed by atoms with Crippen molar-refractivity contribution in [3.8, 4) is 11.5 Å². The first-order chi connectivity index (χ1) is 10.8. The monoisotopic (exact) mass is 299 g/mol. The van der Waals surface area contributed by atoms with Crippen LogP contribution < -0.4 is 25.8 Å². The Morgan fingerprint density at radius 1 is 1.09 bits per heavy atom. The van der Waals surface area contributed by atoms with Crippen molar-refractivity contribution in [2.24, 2.45) is 0 Å². The van der Waals surface area contributed by atoms with Gasteiger partial charge in [0, 0.05) is 18.7 Å². The minimum atomic E-state index is 0.263. The summed E-state index contributed by atoms with van der Waals surface area (Å²) in [6.07, 6.45) is 2.37. The molecule has 1 fully saturated rings. The van der Waals surface area contributed by atoms with Crippen LogP contribution in [0.5, 0.6) is 11.5 Å². The van der Waals surface area contributed by atoms with Crippen molar-refractivity contribution in [2.75, 3.05) is 23.2 Å². The van der Waals surface area contributed by atoms with E-state index in [-0.39, 0.29) is 12.7 Å². The Hall–Kier alpha value is -2.70. The van der Waals surface area contributed by atoms with Crippen LogP contribution in [0.2, 0.25) is 0 Å². The van der Waals surface area contributed by atoms with Crippen LogP contribution in [0.1, 0.15) is 18.4 Å². The number of nitrogens with zero attached hydrogens (tertiary/aromatic N) is 2. The number of benzene rings is 1. The Labute approximate surface area is 127 Å². The van der Waals surface area contributed by atoms with Crippen molar-refractivity contribution in [2.45, 2.75) is 25.4 Å². The molecule has 1 aromatic heterocycles. The van der Waals surface area contributed by atoms with E-state index >= 15 is 0 Å². The summed E-state index contributed by atoms with van der Waals surface area (Å²) in [6.45, 7) is 0.904. The lowest BCUT2D eigenvalue weighted by Crippen LogP contribution is -2.09. The fraction of sp³-hybridized carbons (Fsp3) is 0.333. The molecule has 7 nitrogen and oxygen atoms in total. The predicted molar refractivity (Wildman–Crippen MR) is 83.0 cm³/mol. The quantitative estimate of drug-likeness (QED) is 0.777. The van der Waals surface area contributed by atoms with E-state index in [0.717, 1.165) is 22.9 Å². The van der Waals surface area contributed by atoms with Crippen LogP contribution >= 0.6 is 0 Å². The van der Waals surface area contributed by atoms with Gasteiger partial charge in [-0.15, -0.1) is 0 Å². The van der Waals surface area contributed by atoms with E-state index in [1.165, 1.54) is 12.8 Å². The van der Waals surface area contributed by atoms with Gasteiger partial charge < -0.3 is 25.8 Å². The van der Waals surface area contributed by atoms with Crippen LogP contribution in [0.25, 0.3) is 0 Å². The van der Waals surface area contributed by atoms with Gasteiger partial charge in [0.2, 0.25) is 12.7 Å². The summed E-state index contributed by atoms with van der Waals surface area (Å²) in [5, 5.41) is 6.58. The van der Waals surface area contributed by atoms with Crippen molar-refractivity contribution in [3.05, 3.63) is 29.8 Å². The van der Waals surface area contributed by atoms with Crippen molar-refractivity contribution in [1.82, 2.24) is 9.97 Å². The fourth-order valence-electron chi connectivity index (χ4n) is 2.31. The second kappa shape index (κ2) is 5.25. The second-order valence-corrected chi connectivity index (χ2v) is 5.46.